The molecule has 1 aromatic rings. The molecule has 1 aliphatic heterocycles. The summed E-state index contributed by atoms with van der Waals surface area (Å²) < 4.78 is 0. The molecule has 8 heteroatoms. The van der Waals surface area contributed by atoms with Crippen LogP contribution in [0.3, 0.4) is 0 Å². The molecule has 18 heavy (non-hydrogen) atoms. The summed E-state index contributed by atoms with van der Waals surface area (Å²) >= 11 is 0. The summed E-state index contributed by atoms with van der Waals surface area (Å²) in [5, 5.41) is 20.9. The van der Waals surface area contributed by atoms with Gasteiger partial charge in [-0.25, -0.2) is 10.8 Å². The predicted octanol–water partition coefficient (Wildman–Crippen LogP) is 0.236. The van der Waals surface area contributed by atoms with E-state index >= 15 is 0 Å². The minimum absolute atomic E-state index is 0.0910. The number of aliphatic hydroxyl groups is 1. The van der Waals surface area contributed by atoms with E-state index in [1.807, 2.05) is 0 Å². The quantitative estimate of drug-likeness (QED) is 0.401. The maximum absolute atomic E-state index is 11.0. The number of nitrogens with one attached hydrogen (secondary N) is 1. The third-order valence-corrected chi connectivity index (χ3v) is 2.95. The molecular weight excluding hydrogens is 238 g/mol. The van der Waals surface area contributed by atoms with Gasteiger partial charge in [0.15, 0.2) is 0 Å². The van der Waals surface area contributed by atoms with E-state index in [4.69, 9.17) is 5.84 Å². The van der Waals surface area contributed by atoms with Gasteiger partial charge in [0.2, 0.25) is 5.82 Å². The molecule has 1 unspecified atom stereocenters. The summed E-state index contributed by atoms with van der Waals surface area (Å²) in [6, 6.07) is 2.79. The largest absolute Gasteiger partial charge is 0.388 e. The molecule has 2 rings (SSSR count). The number of anilines is 2. The number of nitrogens with zero attached hydrogens (tertiary/aromatic N) is 3. The lowest BCUT2D eigenvalue weighted by atomic mass is 10.1. The minimum atomic E-state index is -0.846. The van der Waals surface area contributed by atoms with Crippen LogP contribution in [0.25, 0.3) is 0 Å². The second-order valence-corrected chi connectivity index (χ2v) is 4.61. The molecule has 1 fully saturated rings. The number of nitrogen functional groups attached to an aromatic ring is 1. The Balaban J connectivity index is 2.38. The number of aromatic nitrogens is 1. The smallest absolute Gasteiger partial charge is 0.311 e. The fourth-order valence-corrected chi connectivity index (χ4v) is 2.02. The lowest BCUT2D eigenvalue weighted by Crippen LogP contribution is -2.30. The second-order valence-electron chi connectivity index (χ2n) is 4.61. The molecule has 2 heterocycles. The molecule has 0 amide bonds. The molecule has 1 saturated heterocycles. The number of β-amino-alcohol motifs (C(OH)–C–C–N with tert-alkyl or cyclic N) is 1. The summed E-state index contributed by atoms with van der Waals surface area (Å²) in [6.45, 7) is 2.54. The van der Waals surface area contributed by atoms with Crippen molar-refractivity contribution in [3.63, 3.8) is 0 Å². The molecule has 98 valence electrons. The molecule has 8 nitrogen and oxygen atoms in total. The zero-order valence-electron chi connectivity index (χ0n) is 9.96. The number of nitrogens with two attached hydrogens (primary N) is 1. The van der Waals surface area contributed by atoms with E-state index in [2.05, 4.69) is 10.4 Å². The zero-order chi connectivity index (χ0) is 13.3. The third kappa shape index (κ3) is 2.34. The fraction of sp³-hybridized carbons (Fsp3) is 0.500. The van der Waals surface area contributed by atoms with Gasteiger partial charge in [0, 0.05) is 19.2 Å². The van der Waals surface area contributed by atoms with Crippen LogP contribution in [0, 0.1) is 10.1 Å². The first-order valence-corrected chi connectivity index (χ1v) is 5.52. The van der Waals surface area contributed by atoms with Gasteiger partial charge in [0.05, 0.1) is 10.5 Å². The number of rotatable bonds is 3. The SMILES string of the molecule is CC1(O)CCN(c2nc(NN)ccc2[N+](=O)[O-])C1. The molecule has 0 saturated carbocycles. The molecular formula is C10H15N5O3. The topological polar surface area (TPSA) is 118 Å². The van der Waals surface area contributed by atoms with Crippen molar-refractivity contribution in [2.45, 2.75) is 18.9 Å². The molecule has 4 N–H and O–H groups in total. The Kier molecular flexibility index (Phi) is 3.05. The second kappa shape index (κ2) is 4.39. The summed E-state index contributed by atoms with van der Waals surface area (Å²) in [5.74, 6) is 5.83. The maximum atomic E-state index is 11.0. The molecule has 1 aliphatic rings. The lowest BCUT2D eigenvalue weighted by molar-refractivity contribution is -0.384. The van der Waals surface area contributed by atoms with Crippen LogP contribution in [-0.2, 0) is 0 Å². The van der Waals surface area contributed by atoms with E-state index in [0.717, 1.165) is 0 Å². The highest BCUT2D eigenvalue weighted by Crippen LogP contribution is 2.32. The molecule has 0 aliphatic carbocycles. The molecule has 0 radical (unpaired) electrons. The van der Waals surface area contributed by atoms with Crippen LogP contribution in [0.1, 0.15) is 13.3 Å². The van der Waals surface area contributed by atoms with E-state index in [1.54, 1.807) is 11.8 Å². The predicted molar refractivity (Wildman–Crippen MR) is 66.2 cm³/mol. The minimum Gasteiger partial charge on any atom is -0.388 e. The van der Waals surface area contributed by atoms with Gasteiger partial charge in [0.25, 0.3) is 0 Å². The molecule has 0 aromatic carbocycles. The summed E-state index contributed by atoms with van der Waals surface area (Å²) in [5.41, 5.74) is 1.42. The van der Waals surface area contributed by atoms with Crippen LogP contribution < -0.4 is 16.2 Å². The molecule has 0 bridgehead atoms. The Morgan fingerprint density at radius 1 is 1.67 bits per heavy atom. The van der Waals surface area contributed by atoms with Crippen LogP contribution >= 0.6 is 0 Å². The highest BCUT2D eigenvalue weighted by atomic mass is 16.6. The molecule has 1 atom stereocenters. The first kappa shape index (κ1) is 12.5. The number of pyridine rings is 1. The Morgan fingerprint density at radius 3 is 2.89 bits per heavy atom. The highest BCUT2D eigenvalue weighted by molar-refractivity contribution is 5.62. The summed E-state index contributed by atoms with van der Waals surface area (Å²) in [6.07, 6.45) is 0.548. The Labute approximate surface area is 104 Å². The van der Waals surface area contributed by atoms with Crippen molar-refractivity contribution in [3.05, 3.63) is 22.2 Å². The lowest BCUT2D eigenvalue weighted by Gasteiger charge is -2.20. The number of hydrazine groups is 1. The van der Waals surface area contributed by atoms with Gasteiger partial charge in [-0.05, 0) is 19.4 Å². The van der Waals surface area contributed by atoms with Gasteiger partial charge in [-0.3, -0.25) is 10.1 Å². The van der Waals surface area contributed by atoms with Gasteiger partial charge >= 0.3 is 5.69 Å². The van der Waals surface area contributed by atoms with Crippen LogP contribution in [0.2, 0.25) is 0 Å². The summed E-state index contributed by atoms with van der Waals surface area (Å²) in [4.78, 5) is 16.3. The van der Waals surface area contributed by atoms with E-state index < -0.39 is 10.5 Å². The number of nitro groups is 1. The van der Waals surface area contributed by atoms with Gasteiger partial charge < -0.3 is 15.4 Å². The van der Waals surface area contributed by atoms with Crippen molar-refractivity contribution in [2.75, 3.05) is 23.4 Å². The number of hydrogen-bond donors (Lipinski definition) is 3. The van der Waals surface area contributed by atoms with Crippen LogP contribution in [-0.4, -0.2) is 33.7 Å². The van der Waals surface area contributed by atoms with Crippen LogP contribution in [0.15, 0.2) is 12.1 Å². The van der Waals surface area contributed by atoms with Crippen molar-refractivity contribution in [1.29, 1.82) is 0 Å². The van der Waals surface area contributed by atoms with Crippen molar-refractivity contribution < 1.29 is 10.0 Å². The third-order valence-electron chi connectivity index (χ3n) is 2.95. The van der Waals surface area contributed by atoms with Crippen molar-refractivity contribution in [1.82, 2.24) is 4.98 Å². The molecule has 0 spiro atoms. The first-order valence-electron chi connectivity index (χ1n) is 5.52. The van der Waals surface area contributed by atoms with E-state index in [-0.39, 0.29) is 11.5 Å². The Hall–Kier alpha value is -1.93. The average Bonchev–Trinajstić information content (AvgIpc) is 2.68. The standard InChI is InChI=1S/C10H15N5O3/c1-10(16)4-5-14(6-10)9-7(15(17)18)2-3-8(12-9)13-11/h2-3,16H,4-6,11H2,1H3,(H,12,13). The zero-order valence-corrected chi connectivity index (χ0v) is 9.96. The van der Waals surface area contributed by atoms with Crippen molar-refractivity contribution in [2.24, 2.45) is 5.84 Å². The Morgan fingerprint density at radius 2 is 2.39 bits per heavy atom. The van der Waals surface area contributed by atoms with Gasteiger partial charge in [-0.1, -0.05) is 0 Å². The van der Waals surface area contributed by atoms with E-state index in [0.29, 0.717) is 25.3 Å². The van der Waals surface area contributed by atoms with Gasteiger partial charge in [0.1, 0.15) is 5.82 Å². The normalized spacial score (nSPS) is 23.2. The molecule has 1 aromatic heterocycles. The van der Waals surface area contributed by atoms with Crippen molar-refractivity contribution >= 4 is 17.3 Å². The number of hydrogen-bond acceptors (Lipinski definition) is 7. The van der Waals surface area contributed by atoms with E-state index in [1.165, 1.54) is 12.1 Å². The van der Waals surface area contributed by atoms with Crippen LogP contribution in [0.4, 0.5) is 17.3 Å². The fourth-order valence-electron chi connectivity index (χ4n) is 2.02. The monoisotopic (exact) mass is 253 g/mol. The van der Waals surface area contributed by atoms with Crippen molar-refractivity contribution in [3.8, 4) is 0 Å². The average molecular weight is 253 g/mol. The van der Waals surface area contributed by atoms with Gasteiger partial charge in [-0.15, -0.1) is 0 Å². The van der Waals surface area contributed by atoms with Crippen LogP contribution in [0.5, 0.6) is 0 Å². The van der Waals surface area contributed by atoms with E-state index in [9.17, 15) is 15.2 Å². The highest BCUT2D eigenvalue weighted by Gasteiger charge is 2.35. The van der Waals surface area contributed by atoms with Gasteiger partial charge in [-0.2, -0.15) is 0 Å². The maximum Gasteiger partial charge on any atom is 0.311 e. The first-order chi connectivity index (χ1) is 8.43. The Bertz CT molecular complexity index is 477. The summed E-state index contributed by atoms with van der Waals surface area (Å²) in [7, 11) is 0.